The van der Waals surface area contributed by atoms with Gasteiger partial charge in [-0.2, -0.15) is 7.12 Å². The van der Waals surface area contributed by atoms with Crippen LogP contribution in [0.2, 0.25) is 0 Å². The van der Waals surface area contributed by atoms with Crippen molar-refractivity contribution in [2.45, 2.75) is 236 Å². The molecule has 0 bridgehead atoms. The van der Waals surface area contributed by atoms with Crippen molar-refractivity contribution in [3.8, 4) is 0 Å². The Balaban J connectivity index is 2.41. The predicted molar refractivity (Wildman–Crippen MR) is 301 cm³/mol. The number of rotatable bonds is 5. The van der Waals surface area contributed by atoms with Crippen molar-refractivity contribution in [2.24, 2.45) is 0 Å². The molecule has 0 saturated heterocycles. The molecule has 0 N–H and O–H groups in total. The van der Waals surface area contributed by atoms with Gasteiger partial charge in [0.05, 0.1) is 5.30 Å². The van der Waals surface area contributed by atoms with E-state index >= 15 is 0 Å². The first kappa shape index (κ1) is 54.8. The van der Waals surface area contributed by atoms with Crippen LogP contribution < -0.4 is 26.5 Å². The fourth-order valence-corrected chi connectivity index (χ4v) is 21.1. The Morgan fingerprint density at radius 2 is 0.587 bits per heavy atom. The minimum absolute atomic E-state index is 0.00816. The second-order valence-electron chi connectivity index (χ2n) is 27.9. The van der Waals surface area contributed by atoms with Crippen molar-refractivity contribution in [3.05, 3.63) is 91.4 Å². The molecule has 63 heavy (non-hydrogen) atoms. The Kier molecular flexibility index (Phi) is 15.1. The molecule has 4 aromatic carbocycles. The maximum Gasteiger partial charge on any atom is 0.256 e. The van der Waals surface area contributed by atoms with Crippen molar-refractivity contribution >= 4 is 83.4 Å². The van der Waals surface area contributed by atoms with Crippen molar-refractivity contribution < 1.29 is 0 Å². The molecule has 0 aromatic heterocycles. The standard InChI is InChI=1S/C57H87P3S3/c1-49(2,3)34-28-37(52(10,11)12)43(38(29-34)53(13,14)15)58(61)46-47(59(62)44-39(54(16,17)18)30-35(50(4,5)6)31-40(44)55(19,20)21)48(46)60(63)45-41(56(22,23)24)32-36(51(7,8)9)33-42(45)57(25,26)27/h28-33H,1-27H3. The maximum absolute atomic E-state index is 7.21. The molecule has 348 valence electrons. The van der Waals surface area contributed by atoms with Gasteiger partial charge in [-0.3, -0.25) is 0 Å². The van der Waals surface area contributed by atoms with Crippen LogP contribution in [0.25, 0.3) is 0 Å². The molecular formula is C57H87P3S3. The van der Waals surface area contributed by atoms with E-state index in [0.29, 0.717) is 0 Å². The summed E-state index contributed by atoms with van der Waals surface area (Å²) in [5.41, 5.74) is 11.6. The second-order valence-corrected chi connectivity index (χ2v) is 35.7. The molecule has 0 fully saturated rings. The zero-order chi connectivity index (χ0) is 49.1. The van der Waals surface area contributed by atoms with Gasteiger partial charge in [-0.25, -0.2) is 0 Å². The first-order valence-electron chi connectivity index (χ1n) is 23.4. The molecule has 0 nitrogen and oxygen atoms in total. The lowest BCUT2D eigenvalue weighted by atomic mass is 9.75. The van der Waals surface area contributed by atoms with Crippen LogP contribution in [0.1, 0.15) is 237 Å². The molecule has 0 aliphatic rings. The van der Waals surface area contributed by atoms with Gasteiger partial charge in [0, 0.05) is 29.0 Å². The summed E-state index contributed by atoms with van der Waals surface area (Å²) in [5.74, 6) is 0. The molecule has 0 aliphatic carbocycles. The van der Waals surface area contributed by atoms with E-state index in [9.17, 15) is 0 Å². The number of hydrogen-bond acceptors (Lipinski definition) is 3. The average molecular weight is 961 g/mol. The average Bonchev–Trinajstić information content (AvgIpc) is 3.81. The summed E-state index contributed by atoms with van der Waals surface area (Å²) in [6.45, 7) is 61.3. The Hall–Kier alpha value is -0.780. The molecule has 4 rings (SSSR count). The van der Waals surface area contributed by atoms with Gasteiger partial charge in [0.2, 0.25) is 5.30 Å². The van der Waals surface area contributed by atoms with Gasteiger partial charge >= 0.3 is 0 Å². The summed E-state index contributed by atoms with van der Waals surface area (Å²) in [6, 6.07) is 15.0. The van der Waals surface area contributed by atoms with Crippen molar-refractivity contribution in [2.75, 3.05) is 0 Å². The molecule has 3 atom stereocenters. The summed E-state index contributed by atoms with van der Waals surface area (Å²) < 4.78 is 0. The van der Waals surface area contributed by atoms with Gasteiger partial charge in [0.25, 0.3) is 6.70 Å². The van der Waals surface area contributed by atoms with Crippen LogP contribution in [0.3, 0.4) is 0 Å². The molecule has 0 amide bonds. The van der Waals surface area contributed by atoms with Crippen LogP contribution in [0.15, 0.2) is 36.4 Å². The Morgan fingerprint density at radius 3 is 0.825 bits per heavy atom. The monoisotopic (exact) mass is 961 g/mol. The van der Waals surface area contributed by atoms with E-state index in [1.807, 2.05) is 0 Å². The highest BCUT2D eigenvalue weighted by Crippen LogP contribution is 2.51. The lowest BCUT2D eigenvalue weighted by Crippen LogP contribution is -2.33. The molecule has 0 radical (unpaired) electrons. The van der Waals surface area contributed by atoms with E-state index in [1.165, 1.54) is 81.5 Å². The number of hydrogen-bond donors (Lipinski definition) is 0. The zero-order valence-electron chi connectivity index (χ0n) is 45.0. The highest BCUT2D eigenvalue weighted by Gasteiger charge is 2.47. The van der Waals surface area contributed by atoms with Crippen LogP contribution in [0, 0.1) is 4.94 Å². The van der Waals surface area contributed by atoms with Gasteiger partial charge in [-0.05, 0) is 81.9 Å². The van der Waals surface area contributed by atoms with Crippen LogP contribution in [0.5, 0.6) is 0 Å². The summed E-state index contributed by atoms with van der Waals surface area (Å²) in [7, 11) is -1.24. The van der Waals surface area contributed by atoms with Crippen molar-refractivity contribution in [1.82, 2.24) is 0 Å². The number of benzene rings is 3. The molecular weight excluding hydrogens is 874 g/mol. The van der Waals surface area contributed by atoms with Gasteiger partial charge in [-0.15, -0.1) is 0 Å². The van der Waals surface area contributed by atoms with E-state index in [0.717, 1.165) is 0 Å². The minimum atomic E-state index is -1.24. The first-order chi connectivity index (χ1) is 27.7. The first-order valence-corrected chi connectivity index (χ1v) is 30.4. The Labute approximate surface area is 407 Å². The van der Waals surface area contributed by atoms with Gasteiger partial charge < -0.3 is 24.5 Å². The third-order valence-corrected chi connectivity index (χ3v) is 21.6. The molecule has 0 aliphatic heterocycles. The molecule has 0 spiro atoms. The van der Waals surface area contributed by atoms with Gasteiger partial charge in [0.1, 0.15) is 5.30 Å². The molecule has 0 heterocycles. The lowest BCUT2D eigenvalue weighted by molar-refractivity contribution is 0.553. The van der Waals surface area contributed by atoms with E-state index in [1.54, 1.807) is 0 Å². The van der Waals surface area contributed by atoms with Crippen LogP contribution in [-0.2, 0) is 85.0 Å². The molecule has 4 aromatic rings. The third-order valence-electron chi connectivity index (χ3n) is 12.6. The fraction of sp³-hybridized carbons (Fsp3) is 0.632. The van der Waals surface area contributed by atoms with E-state index in [-0.39, 0.29) is 48.7 Å². The van der Waals surface area contributed by atoms with Crippen molar-refractivity contribution in [1.29, 1.82) is 0 Å². The summed E-state index contributed by atoms with van der Waals surface area (Å²) in [6.07, 6.45) is 0. The highest BCUT2D eigenvalue weighted by atomic mass is 32.7. The zero-order valence-corrected chi connectivity index (χ0v) is 50.2. The van der Waals surface area contributed by atoms with Crippen molar-refractivity contribution in [3.63, 3.8) is 0 Å². The maximum atomic E-state index is 7.21. The topological polar surface area (TPSA) is 0 Å². The normalized spacial score (nSPS) is 15.6. The lowest BCUT2D eigenvalue weighted by Gasteiger charge is -2.38. The van der Waals surface area contributed by atoms with Gasteiger partial charge in [0.15, 0.2) is 22.1 Å². The quantitative estimate of drug-likeness (QED) is 0.145. The second kappa shape index (κ2) is 17.3. The summed E-state index contributed by atoms with van der Waals surface area (Å²) in [4.78, 5) is 1.33. The Bertz CT molecular complexity index is 2310. The smallest absolute Gasteiger partial charge is 0.256 e. The summed E-state index contributed by atoms with van der Waals surface area (Å²) in [5, 5.41) is 6.75. The SMILES string of the molecule is CC(C)(C)c1cc(C(C)(C)C)c(P([S-])c2c([P+](=S)c3c(C(C)(C)C)cc(C(C)(C)C)cc3C(C)(C)C)c2=[P+]([S-])c2c(C(C)(C)C)cc(C(C)(C)C)cc2C(C)(C)C)c(C(C)(C)C)c1. The van der Waals surface area contributed by atoms with Crippen LogP contribution in [0.4, 0.5) is 0 Å². The van der Waals surface area contributed by atoms with E-state index in [4.69, 9.17) is 36.3 Å². The molecule has 3 unspecified atom stereocenters. The molecule has 6 heteroatoms. The van der Waals surface area contributed by atoms with Crippen LogP contribution >= 0.6 is 20.6 Å². The molecule has 0 saturated carbocycles. The predicted octanol–water partition coefficient (Wildman–Crippen LogP) is 15.8. The third kappa shape index (κ3) is 11.7. The van der Waals surface area contributed by atoms with E-state index < -0.39 is 20.6 Å². The summed E-state index contributed by atoms with van der Waals surface area (Å²) >= 11 is 21.6. The van der Waals surface area contributed by atoms with E-state index in [2.05, 4.69) is 223 Å². The Morgan fingerprint density at radius 1 is 0.349 bits per heavy atom. The largest absolute Gasteiger partial charge is 0.749 e. The van der Waals surface area contributed by atoms with Crippen LogP contribution in [-0.4, -0.2) is 0 Å². The minimum Gasteiger partial charge on any atom is -0.749 e. The fourth-order valence-electron chi connectivity index (χ4n) is 8.36. The highest BCUT2D eigenvalue weighted by molar-refractivity contribution is 8.40. The van der Waals surface area contributed by atoms with Gasteiger partial charge in [-0.1, -0.05) is 223 Å².